The molecule has 0 aliphatic carbocycles. The van der Waals surface area contributed by atoms with Crippen LogP contribution in [0.25, 0.3) is 0 Å². The van der Waals surface area contributed by atoms with Gasteiger partial charge in [-0.1, -0.05) is 6.92 Å². The molecule has 1 aromatic heterocycles. The van der Waals surface area contributed by atoms with E-state index in [2.05, 4.69) is 22.6 Å². The highest BCUT2D eigenvalue weighted by molar-refractivity contribution is 7.13. The molecule has 0 amide bonds. The third-order valence-corrected chi connectivity index (χ3v) is 2.67. The lowest BCUT2D eigenvalue weighted by molar-refractivity contribution is 0.773. The normalized spacial score (nSPS) is 10.3. The van der Waals surface area contributed by atoms with E-state index < -0.39 is 0 Å². The summed E-state index contributed by atoms with van der Waals surface area (Å²) in [6.07, 6.45) is 3.22. The molecule has 0 unspecified atom stereocenters. The topological polar surface area (TPSA) is 50.9 Å². The number of aryl methyl sites for hydroxylation is 1. The zero-order valence-corrected chi connectivity index (χ0v) is 8.86. The number of hydrogen-bond donors (Lipinski definition) is 2. The highest BCUT2D eigenvalue weighted by Gasteiger charge is 1.97. The second-order valence-electron chi connectivity index (χ2n) is 2.92. The molecule has 3 nitrogen and oxygen atoms in total. The molecule has 1 rings (SSSR count). The van der Waals surface area contributed by atoms with Crippen molar-refractivity contribution in [2.75, 3.05) is 18.4 Å². The zero-order chi connectivity index (χ0) is 9.52. The molecule has 1 heterocycles. The van der Waals surface area contributed by atoms with Crippen LogP contribution < -0.4 is 11.1 Å². The molecule has 74 valence electrons. The average Bonchev–Trinajstić information content (AvgIpc) is 2.60. The quantitative estimate of drug-likeness (QED) is 0.687. The van der Waals surface area contributed by atoms with Crippen molar-refractivity contribution < 1.29 is 0 Å². The van der Waals surface area contributed by atoms with E-state index in [4.69, 9.17) is 5.73 Å². The van der Waals surface area contributed by atoms with Crippen molar-refractivity contribution >= 4 is 16.5 Å². The number of aromatic nitrogens is 1. The summed E-state index contributed by atoms with van der Waals surface area (Å²) in [5.74, 6) is 0. The summed E-state index contributed by atoms with van der Waals surface area (Å²) >= 11 is 1.68. The molecule has 0 fully saturated rings. The molecule has 1 aromatic rings. The molecule has 0 radical (unpaired) electrons. The minimum Gasteiger partial charge on any atom is -0.362 e. The molecular weight excluding hydrogens is 182 g/mol. The van der Waals surface area contributed by atoms with E-state index in [1.165, 1.54) is 5.69 Å². The van der Waals surface area contributed by atoms with Crippen LogP contribution in [0.1, 0.15) is 25.5 Å². The van der Waals surface area contributed by atoms with Crippen molar-refractivity contribution in [1.29, 1.82) is 0 Å². The van der Waals surface area contributed by atoms with Crippen LogP contribution in [0.15, 0.2) is 5.38 Å². The van der Waals surface area contributed by atoms with Gasteiger partial charge in [0.05, 0.1) is 5.69 Å². The number of hydrogen-bond acceptors (Lipinski definition) is 4. The molecule has 0 aliphatic rings. The van der Waals surface area contributed by atoms with Gasteiger partial charge in [0.2, 0.25) is 0 Å². The lowest BCUT2D eigenvalue weighted by Gasteiger charge is -2.00. The molecule has 0 saturated heterocycles. The molecule has 0 saturated carbocycles. The number of unbranched alkanes of at least 4 members (excludes halogenated alkanes) is 1. The lowest BCUT2D eigenvalue weighted by Crippen LogP contribution is -2.05. The minimum atomic E-state index is 0.778. The molecule has 0 aromatic carbocycles. The lowest BCUT2D eigenvalue weighted by atomic mass is 10.3. The summed E-state index contributed by atoms with van der Waals surface area (Å²) < 4.78 is 0. The Hall–Kier alpha value is -0.610. The highest BCUT2D eigenvalue weighted by atomic mass is 32.1. The third kappa shape index (κ3) is 3.74. The van der Waals surface area contributed by atoms with E-state index in [0.29, 0.717) is 0 Å². The van der Waals surface area contributed by atoms with Gasteiger partial charge in [0.25, 0.3) is 0 Å². The van der Waals surface area contributed by atoms with Crippen molar-refractivity contribution in [2.45, 2.75) is 26.2 Å². The maximum atomic E-state index is 5.39. The number of thiazole rings is 1. The number of rotatable bonds is 6. The Morgan fingerprint density at radius 2 is 2.38 bits per heavy atom. The van der Waals surface area contributed by atoms with Crippen LogP contribution in [0.5, 0.6) is 0 Å². The molecule has 3 N–H and O–H groups in total. The van der Waals surface area contributed by atoms with Crippen LogP contribution >= 0.6 is 11.3 Å². The standard InChI is InChI=1S/C9H17N3S/c1-2-8-7-13-9(12-8)11-6-4-3-5-10/h7H,2-6,10H2,1H3,(H,11,12). The van der Waals surface area contributed by atoms with E-state index in [1.807, 2.05) is 0 Å². The largest absolute Gasteiger partial charge is 0.362 e. The molecule has 0 aliphatic heterocycles. The van der Waals surface area contributed by atoms with E-state index in [1.54, 1.807) is 11.3 Å². The summed E-state index contributed by atoms with van der Waals surface area (Å²) in [4.78, 5) is 4.40. The van der Waals surface area contributed by atoms with Crippen molar-refractivity contribution in [3.05, 3.63) is 11.1 Å². The first-order valence-corrected chi connectivity index (χ1v) is 5.63. The summed E-state index contributed by atoms with van der Waals surface area (Å²) in [5, 5.41) is 6.42. The van der Waals surface area contributed by atoms with Gasteiger partial charge < -0.3 is 11.1 Å². The monoisotopic (exact) mass is 199 g/mol. The van der Waals surface area contributed by atoms with E-state index in [9.17, 15) is 0 Å². The first-order chi connectivity index (χ1) is 6.36. The zero-order valence-electron chi connectivity index (χ0n) is 8.05. The van der Waals surface area contributed by atoms with Gasteiger partial charge in [0, 0.05) is 11.9 Å². The Labute approximate surface area is 83.4 Å². The van der Waals surface area contributed by atoms with Gasteiger partial charge in [-0.05, 0) is 25.8 Å². The molecular formula is C9H17N3S. The molecule has 4 heteroatoms. The summed E-state index contributed by atoms with van der Waals surface area (Å²) in [5.41, 5.74) is 6.57. The average molecular weight is 199 g/mol. The number of nitrogens with two attached hydrogens (primary N) is 1. The second-order valence-corrected chi connectivity index (χ2v) is 3.78. The van der Waals surface area contributed by atoms with Crippen LogP contribution in [0.2, 0.25) is 0 Å². The van der Waals surface area contributed by atoms with Crippen LogP contribution in [-0.4, -0.2) is 18.1 Å². The fourth-order valence-corrected chi connectivity index (χ4v) is 1.84. The third-order valence-electron chi connectivity index (χ3n) is 1.82. The molecule has 13 heavy (non-hydrogen) atoms. The summed E-state index contributed by atoms with van der Waals surface area (Å²) in [6, 6.07) is 0. The first kappa shape index (κ1) is 10.5. The Balaban J connectivity index is 2.20. The molecule has 0 bridgehead atoms. The maximum Gasteiger partial charge on any atom is 0.182 e. The fourth-order valence-electron chi connectivity index (χ4n) is 1.02. The predicted octanol–water partition coefficient (Wildman–Crippen LogP) is 1.86. The highest BCUT2D eigenvalue weighted by Crippen LogP contribution is 2.15. The summed E-state index contributed by atoms with van der Waals surface area (Å²) in [7, 11) is 0. The Morgan fingerprint density at radius 1 is 1.54 bits per heavy atom. The predicted molar refractivity (Wildman–Crippen MR) is 58.3 cm³/mol. The molecule has 0 spiro atoms. The van der Waals surface area contributed by atoms with Crippen LogP contribution in [0.3, 0.4) is 0 Å². The Morgan fingerprint density at radius 3 is 3.00 bits per heavy atom. The van der Waals surface area contributed by atoms with Gasteiger partial charge in [0.15, 0.2) is 5.13 Å². The first-order valence-electron chi connectivity index (χ1n) is 4.75. The van der Waals surface area contributed by atoms with Crippen molar-refractivity contribution in [3.8, 4) is 0 Å². The second kappa shape index (κ2) is 5.94. The van der Waals surface area contributed by atoms with Gasteiger partial charge in [-0.3, -0.25) is 0 Å². The Bertz CT molecular complexity index is 235. The van der Waals surface area contributed by atoms with Gasteiger partial charge in [0.1, 0.15) is 0 Å². The van der Waals surface area contributed by atoms with Gasteiger partial charge in [-0.25, -0.2) is 4.98 Å². The minimum absolute atomic E-state index is 0.778. The number of nitrogens with one attached hydrogen (secondary N) is 1. The molecule has 0 atom stereocenters. The summed E-state index contributed by atoms with van der Waals surface area (Å²) in [6.45, 7) is 3.88. The van der Waals surface area contributed by atoms with Gasteiger partial charge in [-0.15, -0.1) is 11.3 Å². The van der Waals surface area contributed by atoms with Crippen molar-refractivity contribution in [1.82, 2.24) is 4.98 Å². The number of nitrogens with zero attached hydrogens (tertiary/aromatic N) is 1. The van der Waals surface area contributed by atoms with Crippen LogP contribution in [0.4, 0.5) is 5.13 Å². The smallest absolute Gasteiger partial charge is 0.182 e. The van der Waals surface area contributed by atoms with E-state index in [0.717, 1.165) is 37.5 Å². The SMILES string of the molecule is CCc1csc(NCCCCN)n1. The number of anilines is 1. The van der Waals surface area contributed by atoms with E-state index >= 15 is 0 Å². The van der Waals surface area contributed by atoms with Gasteiger partial charge >= 0.3 is 0 Å². The Kier molecular flexibility index (Phi) is 4.78. The fraction of sp³-hybridized carbons (Fsp3) is 0.667. The van der Waals surface area contributed by atoms with Crippen molar-refractivity contribution in [3.63, 3.8) is 0 Å². The van der Waals surface area contributed by atoms with E-state index in [-0.39, 0.29) is 0 Å². The van der Waals surface area contributed by atoms with Crippen molar-refractivity contribution in [2.24, 2.45) is 5.73 Å². The van der Waals surface area contributed by atoms with Crippen LogP contribution in [-0.2, 0) is 6.42 Å². The van der Waals surface area contributed by atoms with Crippen LogP contribution in [0, 0.1) is 0 Å². The van der Waals surface area contributed by atoms with Gasteiger partial charge in [-0.2, -0.15) is 0 Å². The maximum absolute atomic E-state index is 5.39.